The van der Waals surface area contributed by atoms with Crippen molar-refractivity contribution in [2.75, 3.05) is 0 Å². The summed E-state index contributed by atoms with van der Waals surface area (Å²) >= 11 is 0. The maximum atomic E-state index is 13.6. The van der Waals surface area contributed by atoms with Crippen LogP contribution < -0.4 is 0 Å². The Kier molecular flexibility index (Phi) is 5.55. The fourth-order valence-electron chi connectivity index (χ4n) is 3.77. The van der Waals surface area contributed by atoms with E-state index in [-0.39, 0.29) is 5.92 Å². The van der Waals surface area contributed by atoms with Crippen molar-refractivity contribution in [3.8, 4) is 0 Å². The zero-order valence-corrected chi connectivity index (χ0v) is 13.9. The topological polar surface area (TPSA) is 37.3 Å². The van der Waals surface area contributed by atoms with E-state index < -0.39 is 17.6 Å². The van der Waals surface area contributed by atoms with Crippen LogP contribution in [0, 0.1) is 35.3 Å². The van der Waals surface area contributed by atoms with Gasteiger partial charge in [-0.05, 0) is 59.8 Å². The number of rotatable bonds is 4. The van der Waals surface area contributed by atoms with Crippen molar-refractivity contribution < 1.29 is 18.7 Å². The van der Waals surface area contributed by atoms with Gasteiger partial charge in [0.15, 0.2) is 11.6 Å². The molecular formula is C19H24F2O2. The molecule has 3 atom stereocenters. The predicted molar refractivity (Wildman–Crippen MR) is 86.8 cm³/mol. The number of carbonyl (C=O) groups is 1. The summed E-state index contributed by atoms with van der Waals surface area (Å²) in [5.74, 6) is -1.59. The molecule has 1 aliphatic rings. The van der Waals surface area contributed by atoms with Gasteiger partial charge in [0.25, 0.3) is 0 Å². The number of aliphatic carboxylic acids is 1. The molecule has 0 aromatic heterocycles. The summed E-state index contributed by atoms with van der Waals surface area (Å²) in [6.45, 7) is 6.43. The molecule has 1 saturated carbocycles. The Balaban J connectivity index is 2.48. The molecule has 23 heavy (non-hydrogen) atoms. The number of halogens is 2. The summed E-state index contributed by atoms with van der Waals surface area (Å²) in [6, 6.07) is 3.65. The second kappa shape index (κ2) is 7.24. The second-order valence-corrected chi connectivity index (χ2v) is 7.00. The zero-order valence-electron chi connectivity index (χ0n) is 13.9. The molecule has 0 saturated heterocycles. The molecule has 0 unspecified atom stereocenters. The predicted octanol–water partition coefficient (Wildman–Crippen LogP) is 5.14. The van der Waals surface area contributed by atoms with Gasteiger partial charge in [0.2, 0.25) is 0 Å². The highest BCUT2D eigenvalue weighted by molar-refractivity contribution is 5.90. The third-order valence-electron chi connectivity index (χ3n) is 4.95. The minimum absolute atomic E-state index is 0.0553. The van der Waals surface area contributed by atoms with Crippen LogP contribution in [0.3, 0.4) is 0 Å². The lowest BCUT2D eigenvalue weighted by molar-refractivity contribution is -0.131. The first kappa shape index (κ1) is 17.6. The van der Waals surface area contributed by atoms with Crippen LogP contribution in [0.2, 0.25) is 0 Å². The largest absolute Gasteiger partial charge is 0.478 e. The normalized spacial score (nSPS) is 25.7. The molecule has 1 N–H and O–H groups in total. The number of allylic oxidation sites excluding steroid dienone is 1. The van der Waals surface area contributed by atoms with Gasteiger partial charge in [0.1, 0.15) is 0 Å². The highest BCUT2D eigenvalue weighted by Crippen LogP contribution is 2.44. The van der Waals surface area contributed by atoms with Crippen molar-refractivity contribution in [1.29, 1.82) is 0 Å². The van der Waals surface area contributed by atoms with E-state index in [9.17, 15) is 18.7 Å². The van der Waals surface area contributed by atoms with E-state index in [0.29, 0.717) is 28.9 Å². The van der Waals surface area contributed by atoms with Crippen molar-refractivity contribution in [2.45, 2.75) is 40.0 Å². The number of hydrogen-bond acceptors (Lipinski definition) is 1. The first-order valence-electron chi connectivity index (χ1n) is 8.19. The quantitative estimate of drug-likeness (QED) is 0.779. The molecule has 2 rings (SSSR count). The van der Waals surface area contributed by atoms with Crippen molar-refractivity contribution >= 4 is 11.5 Å². The molecule has 0 amide bonds. The van der Waals surface area contributed by atoms with Crippen LogP contribution in [-0.2, 0) is 4.79 Å². The van der Waals surface area contributed by atoms with Crippen LogP contribution in [0.25, 0.3) is 5.57 Å². The van der Waals surface area contributed by atoms with E-state index in [4.69, 9.17) is 0 Å². The average Bonchev–Trinajstić information content (AvgIpc) is 2.47. The van der Waals surface area contributed by atoms with Gasteiger partial charge in [-0.3, -0.25) is 0 Å². The Morgan fingerprint density at radius 1 is 1.26 bits per heavy atom. The lowest BCUT2D eigenvalue weighted by Gasteiger charge is -2.39. The molecule has 0 bridgehead atoms. The molecule has 2 nitrogen and oxygen atoms in total. The fraction of sp³-hybridized carbons (Fsp3) is 0.526. The third-order valence-corrected chi connectivity index (χ3v) is 4.95. The van der Waals surface area contributed by atoms with Crippen LogP contribution in [0.1, 0.15) is 45.6 Å². The molecule has 1 fully saturated rings. The highest BCUT2D eigenvalue weighted by atomic mass is 19.2. The molecule has 1 aromatic carbocycles. The molecule has 0 aliphatic heterocycles. The lowest BCUT2D eigenvalue weighted by Crippen LogP contribution is -2.29. The number of carboxylic acid groups (broad SMARTS) is 1. The zero-order chi connectivity index (χ0) is 17.1. The minimum atomic E-state index is -1.05. The third kappa shape index (κ3) is 4.18. The van der Waals surface area contributed by atoms with Crippen molar-refractivity contribution in [3.05, 3.63) is 41.5 Å². The summed E-state index contributed by atoms with van der Waals surface area (Å²) in [4.78, 5) is 11.3. The van der Waals surface area contributed by atoms with E-state index >= 15 is 0 Å². The van der Waals surface area contributed by atoms with E-state index in [1.165, 1.54) is 12.1 Å². The van der Waals surface area contributed by atoms with Crippen molar-refractivity contribution in [3.63, 3.8) is 0 Å². The molecule has 126 valence electrons. The molecule has 0 heterocycles. The van der Waals surface area contributed by atoms with Crippen LogP contribution in [0.15, 0.2) is 24.3 Å². The maximum absolute atomic E-state index is 13.6. The van der Waals surface area contributed by atoms with Gasteiger partial charge in [0, 0.05) is 6.08 Å². The number of carboxylic acids is 1. The van der Waals surface area contributed by atoms with Gasteiger partial charge in [0.05, 0.1) is 0 Å². The summed E-state index contributed by atoms with van der Waals surface area (Å²) in [5, 5.41) is 9.25. The van der Waals surface area contributed by atoms with E-state index in [2.05, 4.69) is 20.8 Å². The fourth-order valence-corrected chi connectivity index (χ4v) is 3.77. The Hall–Kier alpha value is -1.71. The molecule has 1 aliphatic carbocycles. The Morgan fingerprint density at radius 2 is 1.96 bits per heavy atom. The summed E-state index contributed by atoms with van der Waals surface area (Å²) < 4.78 is 26.8. The van der Waals surface area contributed by atoms with Gasteiger partial charge in [-0.15, -0.1) is 0 Å². The highest BCUT2D eigenvalue weighted by Gasteiger charge is 2.34. The monoisotopic (exact) mass is 322 g/mol. The van der Waals surface area contributed by atoms with Gasteiger partial charge in [-0.25, -0.2) is 13.6 Å². The van der Waals surface area contributed by atoms with Crippen LogP contribution in [-0.4, -0.2) is 11.1 Å². The molecule has 4 heteroatoms. The number of benzene rings is 1. The van der Waals surface area contributed by atoms with Crippen molar-refractivity contribution in [1.82, 2.24) is 0 Å². The molecule has 1 aromatic rings. The van der Waals surface area contributed by atoms with Gasteiger partial charge in [-0.1, -0.05) is 33.3 Å². The van der Waals surface area contributed by atoms with E-state index in [0.717, 1.165) is 31.4 Å². The molecular weight excluding hydrogens is 298 g/mol. The Labute approximate surface area is 136 Å². The van der Waals surface area contributed by atoms with Crippen molar-refractivity contribution in [2.24, 2.45) is 23.7 Å². The van der Waals surface area contributed by atoms with Crippen LogP contribution >= 0.6 is 0 Å². The number of hydrogen-bond donors (Lipinski definition) is 1. The molecule has 0 radical (unpaired) electrons. The van der Waals surface area contributed by atoms with E-state index in [1.54, 1.807) is 0 Å². The SMILES string of the molecule is CC(C)[C@@H]1CC[C@@H](C)C[C@H]1/C(=C\C(=O)O)c1ccc(F)c(F)c1. The lowest BCUT2D eigenvalue weighted by atomic mass is 9.66. The second-order valence-electron chi connectivity index (χ2n) is 7.00. The van der Waals surface area contributed by atoms with Crippen LogP contribution in [0.5, 0.6) is 0 Å². The standard InChI is InChI=1S/C19H24F2O2/c1-11(2)14-6-4-12(3)8-16(14)15(10-19(22)23)13-5-7-17(20)18(21)9-13/h5,7,9-12,14,16H,4,6,8H2,1-3H3,(H,22,23)/b15-10-/t12-,14+,16-/m1/s1. The minimum Gasteiger partial charge on any atom is -0.478 e. The van der Waals surface area contributed by atoms with Gasteiger partial charge >= 0.3 is 5.97 Å². The first-order chi connectivity index (χ1) is 10.8. The van der Waals surface area contributed by atoms with Crippen LogP contribution in [0.4, 0.5) is 8.78 Å². The van der Waals surface area contributed by atoms with Gasteiger partial charge < -0.3 is 5.11 Å². The van der Waals surface area contributed by atoms with E-state index in [1.807, 2.05) is 0 Å². The summed E-state index contributed by atoms with van der Waals surface area (Å²) in [7, 11) is 0. The van der Waals surface area contributed by atoms with Gasteiger partial charge in [-0.2, -0.15) is 0 Å². The first-order valence-corrected chi connectivity index (χ1v) is 8.19. The Morgan fingerprint density at radius 3 is 2.52 bits per heavy atom. The average molecular weight is 322 g/mol. The summed E-state index contributed by atoms with van der Waals surface area (Å²) in [5.41, 5.74) is 1.08. The smallest absolute Gasteiger partial charge is 0.328 e. The molecule has 0 spiro atoms. The summed E-state index contributed by atoms with van der Waals surface area (Å²) in [6.07, 6.45) is 4.20. The Bertz CT molecular complexity index is 607. The maximum Gasteiger partial charge on any atom is 0.328 e.